The van der Waals surface area contributed by atoms with Crippen LogP contribution >= 0.6 is 23.4 Å². The van der Waals surface area contributed by atoms with E-state index in [4.69, 9.17) is 17.4 Å². The third-order valence-corrected chi connectivity index (χ3v) is 4.70. The van der Waals surface area contributed by atoms with Crippen molar-refractivity contribution < 1.29 is 18.3 Å². The minimum absolute atomic E-state index is 0.0109. The van der Waals surface area contributed by atoms with Crippen LogP contribution in [0.4, 0.5) is 14.5 Å². The van der Waals surface area contributed by atoms with Gasteiger partial charge in [0.1, 0.15) is 5.75 Å². The Balaban J connectivity index is 1.59. The number of carbonyl (C=O) groups is 1. The van der Waals surface area contributed by atoms with E-state index >= 15 is 0 Å². The van der Waals surface area contributed by atoms with Crippen LogP contribution in [-0.2, 0) is 4.79 Å². The second kappa shape index (κ2) is 8.89. The molecule has 1 amide bonds. The van der Waals surface area contributed by atoms with Crippen molar-refractivity contribution in [3.05, 3.63) is 53.6 Å². The fourth-order valence-corrected chi connectivity index (χ4v) is 3.14. The van der Waals surface area contributed by atoms with Crippen molar-refractivity contribution >= 4 is 35.0 Å². The van der Waals surface area contributed by atoms with E-state index in [1.807, 2.05) is 30.3 Å². The predicted molar refractivity (Wildman–Crippen MR) is 103 cm³/mol. The summed E-state index contributed by atoms with van der Waals surface area (Å²) < 4.78 is 30.0. The van der Waals surface area contributed by atoms with Gasteiger partial charge >= 0.3 is 6.61 Å². The van der Waals surface area contributed by atoms with E-state index < -0.39 is 6.61 Å². The molecule has 11 heteroatoms. The number of amides is 1. The molecule has 0 bridgehead atoms. The summed E-state index contributed by atoms with van der Waals surface area (Å²) in [5, 5.41) is 11.0. The second-order valence-corrected chi connectivity index (χ2v) is 6.75. The van der Waals surface area contributed by atoms with Gasteiger partial charge in [0.25, 0.3) is 0 Å². The first kappa shape index (κ1) is 19.9. The Morgan fingerprint density at radius 1 is 1.25 bits per heavy atom. The van der Waals surface area contributed by atoms with Crippen LogP contribution in [-0.4, -0.2) is 33.1 Å². The predicted octanol–water partition coefficient (Wildman–Crippen LogP) is 3.64. The van der Waals surface area contributed by atoms with Crippen molar-refractivity contribution in [2.24, 2.45) is 0 Å². The summed E-state index contributed by atoms with van der Waals surface area (Å²) in [5.74, 6) is 5.96. The maximum absolute atomic E-state index is 12.2. The molecule has 0 aliphatic rings. The highest BCUT2D eigenvalue weighted by Crippen LogP contribution is 2.29. The van der Waals surface area contributed by atoms with Gasteiger partial charge in [0, 0.05) is 11.3 Å². The normalized spacial score (nSPS) is 10.9. The smallest absolute Gasteiger partial charge is 0.387 e. The molecule has 0 aliphatic carbocycles. The van der Waals surface area contributed by atoms with E-state index in [9.17, 15) is 13.6 Å². The lowest BCUT2D eigenvalue weighted by Gasteiger charge is -2.09. The van der Waals surface area contributed by atoms with Gasteiger partial charge in [-0.25, -0.2) is 4.68 Å². The molecule has 0 atom stereocenters. The van der Waals surface area contributed by atoms with Crippen LogP contribution in [0.2, 0.25) is 5.02 Å². The molecule has 1 heterocycles. The Labute approximate surface area is 167 Å². The topological polar surface area (TPSA) is 95.1 Å². The number of carbonyl (C=O) groups excluding carboxylic acids is 1. The van der Waals surface area contributed by atoms with Crippen molar-refractivity contribution in [3.63, 3.8) is 0 Å². The van der Waals surface area contributed by atoms with E-state index in [0.29, 0.717) is 16.7 Å². The number of ether oxygens (including phenoxy) is 1. The number of halogens is 3. The molecule has 3 N–H and O–H groups in total. The van der Waals surface area contributed by atoms with E-state index in [0.717, 1.165) is 17.3 Å². The van der Waals surface area contributed by atoms with Crippen LogP contribution in [0.5, 0.6) is 5.75 Å². The summed E-state index contributed by atoms with van der Waals surface area (Å²) in [6.07, 6.45) is 0. The number of rotatable bonds is 7. The molecule has 146 valence electrons. The van der Waals surface area contributed by atoms with E-state index in [1.165, 1.54) is 22.9 Å². The lowest BCUT2D eigenvalue weighted by Crippen LogP contribution is -2.16. The summed E-state index contributed by atoms with van der Waals surface area (Å²) in [5.41, 5.74) is 1.14. The summed E-state index contributed by atoms with van der Waals surface area (Å²) in [7, 11) is 0. The largest absolute Gasteiger partial charge is 0.433 e. The number of alkyl halides is 2. The number of anilines is 1. The average molecular weight is 426 g/mol. The maximum atomic E-state index is 12.2. The fourth-order valence-electron chi connectivity index (χ4n) is 2.26. The lowest BCUT2D eigenvalue weighted by molar-refractivity contribution is -0.113. The number of hydrogen-bond acceptors (Lipinski definition) is 6. The number of nitrogens with one attached hydrogen (secondary N) is 1. The molecule has 3 aromatic rings. The molecule has 2 aromatic carbocycles. The minimum atomic E-state index is -2.98. The van der Waals surface area contributed by atoms with Crippen molar-refractivity contribution in [2.45, 2.75) is 11.8 Å². The van der Waals surface area contributed by atoms with E-state index in [-0.39, 0.29) is 22.4 Å². The number of hydrogen-bond donors (Lipinski definition) is 2. The molecular weight excluding hydrogens is 412 g/mol. The van der Waals surface area contributed by atoms with Crippen molar-refractivity contribution in [2.75, 3.05) is 16.9 Å². The molecule has 3 rings (SSSR count). The molecule has 1 aromatic heterocycles. The summed E-state index contributed by atoms with van der Waals surface area (Å²) in [6, 6.07) is 13.3. The first-order valence-electron chi connectivity index (χ1n) is 7.87. The molecular formula is C17H14ClF2N5O2S. The van der Waals surface area contributed by atoms with E-state index in [2.05, 4.69) is 20.3 Å². The van der Waals surface area contributed by atoms with Crippen molar-refractivity contribution in [3.8, 4) is 17.1 Å². The molecule has 0 saturated heterocycles. The van der Waals surface area contributed by atoms with Gasteiger partial charge in [-0.3, -0.25) is 4.79 Å². The third-order valence-electron chi connectivity index (χ3n) is 3.46. The van der Waals surface area contributed by atoms with Gasteiger partial charge in [-0.1, -0.05) is 53.7 Å². The van der Waals surface area contributed by atoms with Gasteiger partial charge < -0.3 is 15.9 Å². The van der Waals surface area contributed by atoms with Crippen molar-refractivity contribution in [1.82, 2.24) is 14.9 Å². The van der Waals surface area contributed by atoms with Crippen LogP contribution in [0, 0.1) is 0 Å². The molecule has 7 nitrogen and oxygen atoms in total. The Morgan fingerprint density at radius 2 is 2.00 bits per heavy atom. The Morgan fingerprint density at radius 3 is 2.68 bits per heavy atom. The highest BCUT2D eigenvalue weighted by Gasteiger charge is 2.14. The number of thioether (sulfide) groups is 1. The van der Waals surface area contributed by atoms with Crippen LogP contribution in [0.15, 0.2) is 53.7 Å². The number of benzene rings is 2. The molecule has 0 spiro atoms. The molecule has 28 heavy (non-hydrogen) atoms. The van der Waals surface area contributed by atoms with Gasteiger partial charge in [-0.2, -0.15) is 8.78 Å². The minimum Gasteiger partial charge on any atom is -0.433 e. The zero-order valence-electron chi connectivity index (χ0n) is 14.2. The molecule has 0 aliphatic heterocycles. The van der Waals surface area contributed by atoms with Crippen LogP contribution in [0.1, 0.15) is 0 Å². The van der Waals surface area contributed by atoms with E-state index in [1.54, 1.807) is 0 Å². The second-order valence-electron chi connectivity index (χ2n) is 5.40. The lowest BCUT2D eigenvalue weighted by atomic mass is 10.2. The Kier molecular flexibility index (Phi) is 6.32. The van der Waals surface area contributed by atoms with Gasteiger partial charge in [0.2, 0.25) is 11.1 Å². The van der Waals surface area contributed by atoms with Gasteiger partial charge in [0.05, 0.1) is 10.8 Å². The van der Waals surface area contributed by atoms with Gasteiger partial charge in [-0.05, 0) is 18.2 Å². The zero-order valence-corrected chi connectivity index (χ0v) is 15.8. The zero-order chi connectivity index (χ0) is 20.1. The molecule has 0 unspecified atom stereocenters. The number of nitrogens with zero attached hydrogens (tertiary/aromatic N) is 3. The standard InChI is InChI=1S/C17H14ClF2N5O2S/c18-12-8-11(6-7-13(12)27-16(19)20)22-14(26)9-28-17-24-23-15(25(17)21)10-4-2-1-3-5-10/h1-8,16H,9,21H2,(H,22,26). The highest BCUT2D eigenvalue weighted by molar-refractivity contribution is 7.99. The van der Waals surface area contributed by atoms with Crippen LogP contribution in [0.25, 0.3) is 11.4 Å². The summed E-state index contributed by atoms with van der Waals surface area (Å²) in [4.78, 5) is 12.1. The van der Waals surface area contributed by atoms with Crippen LogP contribution < -0.4 is 15.9 Å². The first-order chi connectivity index (χ1) is 13.4. The average Bonchev–Trinajstić information content (AvgIpc) is 3.03. The molecule has 0 radical (unpaired) electrons. The number of aromatic nitrogens is 3. The van der Waals surface area contributed by atoms with Gasteiger partial charge in [-0.15, -0.1) is 10.2 Å². The summed E-state index contributed by atoms with van der Waals surface area (Å²) in [6.45, 7) is -2.98. The fraction of sp³-hybridized carbons (Fsp3) is 0.118. The quantitative estimate of drug-likeness (QED) is 0.443. The number of nitrogen functional groups attached to an aromatic ring is 1. The van der Waals surface area contributed by atoms with Gasteiger partial charge in [0.15, 0.2) is 5.82 Å². The summed E-state index contributed by atoms with van der Waals surface area (Å²) >= 11 is 6.96. The highest BCUT2D eigenvalue weighted by atomic mass is 35.5. The molecule has 0 fully saturated rings. The molecule has 0 saturated carbocycles. The maximum Gasteiger partial charge on any atom is 0.387 e. The monoisotopic (exact) mass is 425 g/mol. The number of nitrogens with two attached hydrogens (primary N) is 1. The first-order valence-corrected chi connectivity index (χ1v) is 9.23. The third kappa shape index (κ3) is 4.90. The Hall–Kier alpha value is -2.85. The Bertz CT molecular complexity index is 971. The SMILES string of the molecule is Nn1c(SCC(=O)Nc2ccc(OC(F)F)c(Cl)c2)nnc1-c1ccccc1. The van der Waals surface area contributed by atoms with Crippen molar-refractivity contribution in [1.29, 1.82) is 0 Å². The van der Waals surface area contributed by atoms with Crippen LogP contribution in [0.3, 0.4) is 0 Å².